The molecule has 4 nitrogen and oxygen atoms in total. The third-order valence-electron chi connectivity index (χ3n) is 2.26. The number of rotatable bonds is 5. The van der Waals surface area contributed by atoms with Crippen LogP contribution in [0, 0.1) is 0 Å². The van der Waals surface area contributed by atoms with E-state index in [2.05, 4.69) is 17.1 Å². The first-order valence-corrected chi connectivity index (χ1v) is 9.38. The Morgan fingerprint density at radius 1 is 1.17 bits per heavy atom. The minimum Gasteiger partial charge on any atom is -0.177 e. The fourth-order valence-electron chi connectivity index (χ4n) is 1.44. The van der Waals surface area contributed by atoms with Crippen LogP contribution in [0.3, 0.4) is 0 Å². The van der Waals surface area contributed by atoms with Crippen LogP contribution in [0.5, 0.6) is 0 Å². The summed E-state index contributed by atoms with van der Waals surface area (Å²) in [5.41, 5.74) is 0. The van der Waals surface area contributed by atoms with E-state index in [1.54, 1.807) is 0 Å². The minimum absolute atomic E-state index is 0.00803. The lowest BCUT2D eigenvalue weighted by Crippen LogP contribution is -2.25. The molecule has 1 atom stereocenters. The van der Waals surface area contributed by atoms with E-state index < -0.39 is 22.5 Å². The number of hydrogen-bond donors (Lipinski definition) is 0. The van der Waals surface area contributed by atoms with Gasteiger partial charge in [0.15, 0.2) is 5.04 Å². The molecule has 0 saturated heterocycles. The Bertz CT molecular complexity index is 498. The van der Waals surface area contributed by atoms with Crippen LogP contribution < -0.4 is 0 Å². The predicted molar refractivity (Wildman–Crippen MR) is 80.2 cm³/mol. The molecule has 0 aromatic rings. The van der Waals surface area contributed by atoms with Crippen LogP contribution in [0.1, 0.15) is 39.0 Å². The van der Waals surface area contributed by atoms with Crippen molar-refractivity contribution in [3.05, 3.63) is 0 Å². The molecule has 0 N–H and O–H groups in total. The van der Waals surface area contributed by atoms with E-state index in [1.165, 1.54) is 0 Å². The van der Waals surface area contributed by atoms with Crippen molar-refractivity contribution in [2.45, 2.75) is 42.8 Å². The first-order valence-electron chi connectivity index (χ1n) is 5.43. The van der Waals surface area contributed by atoms with E-state index in [-0.39, 0.29) is 5.04 Å². The smallest absolute Gasteiger partial charge is 0.177 e. The van der Waals surface area contributed by atoms with Crippen molar-refractivity contribution in [3.8, 4) is 0 Å². The lowest BCUT2D eigenvalue weighted by atomic mass is 10.2. The fraction of sp³-hybridized carbons (Fsp3) is 0.778. The molecule has 1 aliphatic heterocycles. The van der Waals surface area contributed by atoms with Gasteiger partial charge in [0.2, 0.25) is 3.79 Å². The molecule has 1 unspecified atom stereocenters. The molecule has 104 valence electrons. The summed E-state index contributed by atoms with van der Waals surface area (Å²) in [6.07, 6.45) is 4.70. The number of halogens is 3. The van der Waals surface area contributed by atoms with Crippen molar-refractivity contribution in [2.75, 3.05) is 0 Å². The summed E-state index contributed by atoms with van der Waals surface area (Å²) in [6.45, 7) is 2.11. The zero-order valence-electron chi connectivity index (χ0n) is 9.70. The zero-order valence-corrected chi connectivity index (χ0v) is 13.6. The lowest BCUT2D eigenvalue weighted by Gasteiger charge is -2.10. The molecule has 1 aliphatic rings. The van der Waals surface area contributed by atoms with Crippen LogP contribution in [-0.2, 0) is 18.7 Å². The molecule has 0 bridgehead atoms. The number of nitrogens with zero attached hydrogens (tertiary/aromatic N) is 2. The Morgan fingerprint density at radius 2 is 1.83 bits per heavy atom. The molecule has 0 radical (unpaired) electrons. The Kier molecular flexibility index (Phi) is 6.61. The van der Waals surface area contributed by atoms with E-state index >= 15 is 0 Å². The number of hydrogen-bond acceptors (Lipinski definition) is 4. The Morgan fingerprint density at radius 3 is 2.33 bits per heavy atom. The van der Waals surface area contributed by atoms with Gasteiger partial charge in [0.25, 0.3) is 9.26 Å². The second-order valence-corrected chi connectivity index (χ2v) is 9.58. The highest BCUT2D eigenvalue weighted by Crippen LogP contribution is 2.33. The predicted octanol–water partition coefficient (Wildman–Crippen LogP) is 3.47. The molecule has 0 aromatic carbocycles. The van der Waals surface area contributed by atoms with Gasteiger partial charge >= 0.3 is 0 Å². The number of unbranched alkanes of at least 4 members (excludes halogenated alkanes) is 3. The summed E-state index contributed by atoms with van der Waals surface area (Å²) < 4.78 is 20.6. The van der Waals surface area contributed by atoms with Crippen LogP contribution in [0.25, 0.3) is 0 Å². The average molecular weight is 352 g/mol. The van der Waals surface area contributed by atoms with Crippen molar-refractivity contribution in [3.63, 3.8) is 0 Å². The topological polar surface area (TPSA) is 58.9 Å². The standard InChI is InChI=1S/C9H13Cl3N2O2S2/c1-2-3-4-5-6-7-13-14-8(9(10,11)12)17(7)18(15)16/h2-6H2,1H3. The first kappa shape index (κ1) is 16.4. The van der Waals surface area contributed by atoms with Gasteiger partial charge in [0.1, 0.15) is 5.04 Å². The summed E-state index contributed by atoms with van der Waals surface area (Å²) in [6, 6.07) is 0. The third-order valence-corrected chi connectivity index (χ3v) is 6.73. The van der Waals surface area contributed by atoms with Gasteiger partial charge in [-0.25, -0.2) is 0 Å². The van der Waals surface area contributed by atoms with Crippen LogP contribution in [0.15, 0.2) is 10.2 Å². The molecule has 0 aliphatic carbocycles. The third kappa shape index (κ3) is 4.49. The molecule has 1 rings (SSSR count). The quantitative estimate of drug-likeness (QED) is 0.562. The average Bonchev–Trinajstić information content (AvgIpc) is 2.67. The van der Waals surface area contributed by atoms with Crippen LogP contribution in [0.2, 0.25) is 0 Å². The summed E-state index contributed by atoms with van der Waals surface area (Å²) >= 11 is 17.1. The summed E-state index contributed by atoms with van der Waals surface area (Å²) in [5.74, 6) is 0. The van der Waals surface area contributed by atoms with E-state index in [0.29, 0.717) is 11.5 Å². The van der Waals surface area contributed by atoms with Crippen LogP contribution in [-0.4, -0.2) is 22.3 Å². The second kappa shape index (κ2) is 7.24. The van der Waals surface area contributed by atoms with Crippen molar-refractivity contribution in [1.29, 1.82) is 0 Å². The van der Waals surface area contributed by atoms with Crippen molar-refractivity contribution < 1.29 is 8.42 Å². The summed E-state index contributed by atoms with van der Waals surface area (Å²) in [5, 5.41) is 8.05. The van der Waals surface area contributed by atoms with E-state index in [9.17, 15) is 8.42 Å². The normalized spacial score (nSPS) is 19.7. The molecule has 0 saturated carbocycles. The Labute approximate surface area is 125 Å². The Hall–Kier alpha value is 0.380. The van der Waals surface area contributed by atoms with Gasteiger partial charge in [-0.05, 0) is 12.8 Å². The lowest BCUT2D eigenvalue weighted by molar-refractivity contribution is 0.628. The zero-order chi connectivity index (χ0) is 13.8. The molecule has 0 aromatic heterocycles. The van der Waals surface area contributed by atoms with Crippen molar-refractivity contribution in [1.82, 2.24) is 0 Å². The maximum absolute atomic E-state index is 11.2. The van der Waals surface area contributed by atoms with Gasteiger partial charge in [-0.1, -0.05) is 61.0 Å². The van der Waals surface area contributed by atoms with Gasteiger partial charge in [-0.15, -0.1) is 10.2 Å². The molecule has 1 heterocycles. The maximum atomic E-state index is 11.2. The van der Waals surface area contributed by atoms with Gasteiger partial charge in [0.05, 0.1) is 0 Å². The van der Waals surface area contributed by atoms with E-state index in [4.69, 9.17) is 34.8 Å². The molecule has 0 amide bonds. The second-order valence-electron chi connectivity index (χ2n) is 3.68. The van der Waals surface area contributed by atoms with E-state index in [0.717, 1.165) is 25.7 Å². The van der Waals surface area contributed by atoms with Gasteiger partial charge in [-0.2, -0.15) is 8.42 Å². The van der Waals surface area contributed by atoms with Crippen LogP contribution >= 0.6 is 34.8 Å². The fourth-order valence-corrected chi connectivity index (χ4v) is 5.62. The monoisotopic (exact) mass is 350 g/mol. The highest BCUT2D eigenvalue weighted by molar-refractivity contribution is 8.49. The van der Waals surface area contributed by atoms with Gasteiger partial charge in [0, 0.05) is 9.45 Å². The molecule has 18 heavy (non-hydrogen) atoms. The summed E-state index contributed by atoms with van der Waals surface area (Å²) in [7, 11) is -3.70. The largest absolute Gasteiger partial charge is 0.252 e. The van der Waals surface area contributed by atoms with Crippen molar-refractivity contribution in [2.24, 2.45) is 10.2 Å². The first-order chi connectivity index (χ1) is 8.38. The minimum atomic E-state index is -2.39. The highest BCUT2D eigenvalue weighted by atomic mass is 35.6. The molecular formula is C9H13Cl3N2O2S2. The van der Waals surface area contributed by atoms with Gasteiger partial charge < -0.3 is 0 Å². The Balaban J connectivity index is 2.79. The molecule has 9 heteroatoms. The summed E-state index contributed by atoms with van der Waals surface area (Å²) in [4.78, 5) is 0. The van der Waals surface area contributed by atoms with Crippen LogP contribution in [0.4, 0.5) is 0 Å². The maximum Gasteiger partial charge on any atom is 0.252 e. The molecule has 0 spiro atoms. The van der Waals surface area contributed by atoms with Gasteiger partial charge in [-0.3, -0.25) is 0 Å². The van der Waals surface area contributed by atoms with E-state index in [1.807, 2.05) is 0 Å². The molecular weight excluding hydrogens is 339 g/mol. The number of alkyl halides is 3. The van der Waals surface area contributed by atoms with Crippen molar-refractivity contribution >= 4 is 63.6 Å². The highest BCUT2D eigenvalue weighted by Gasteiger charge is 2.37. The SMILES string of the molecule is CCCCCCC1=NN=C(C(Cl)(Cl)Cl)S1=S(=O)=O. The molecule has 0 fully saturated rings.